The molecule has 1 saturated heterocycles. The van der Waals surface area contributed by atoms with E-state index in [1.165, 1.54) is 6.92 Å². The van der Waals surface area contributed by atoms with E-state index in [4.69, 9.17) is 14.2 Å². The number of hydrogen-bond donors (Lipinski definition) is 3. The van der Waals surface area contributed by atoms with Crippen molar-refractivity contribution in [3.8, 4) is 0 Å². The van der Waals surface area contributed by atoms with Gasteiger partial charge < -0.3 is 29.7 Å². The molecule has 9 nitrogen and oxygen atoms in total. The lowest BCUT2D eigenvalue weighted by Gasteiger charge is -2.43. The van der Waals surface area contributed by atoms with E-state index in [0.717, 1.165) is 0 Å². The lowest BCUT2D eigenvalue weighted by molar-refractivity contribution is -0.267. The maximum Gasteiger partial charge on any atom is 0.308 e. The summed E-state index contributed by atoms with van der Waals surface area (Å²) in [5.74, 6) is -1.61. The second kappa shape index (κ2) is 10.3. The van der Waals surface area contributed by atoms with Crippen LogP contribution >= 0.6 is 0 Å². The molecule has 0 aromatic carbocycles. The van der Waals surface area contributed by atoms with Gasteiger partial charge in [0.05, 0.1) is 6.61 Å². The van der Waals surface area contributed by atoms with Crippen LogP contribution in [0.3, 0.4) is 0 Å². The molecule has 0 aromatic heterocycles. The van der Waals surface area contributed by atoms with Crippen molar-refractivity contribution in [3.63, 3.8) is 0 Å². The molecular formula is C16H27NO8. The van der Waals surface area contributed by atoms with Crippen molar-refractivity contribution in [2.24, 2.45) is 0 Å². The number of carbonyl (C=O) groups excluding carboxylic acids is 3. The van der Waals surface area contributed by atoms with E-state index in [1.54, 1.807) is 13.8 Å². The summed E-state index contributed by atoms with van der Waals surface area (Å²) in [6, 6.07) is -1.09. The Balaban J connectivity index is 3.04. The van der Waals surface area contributed by atoms with Crippen LogP contribution in [0.1, 0.15) is 46.5 Å². The molecule has 1 amide bonds. The van der Waals surface area contributed by atoms with Crippen molar-refractivity contribution in [1.29, 1.82) is 0 Å². The zero-order chi connectivity index (χ0) is 19.0. The summed E-state index contributed by atoms with van der Waals surface area (Å²) < 4.78 is 15.9. The Morgan fingerprint density at radius 3 is 2.12 bits per heavy atom. The fourth-order valence-corrected chi connectivity index (χ4v) is 2.50. The zero-order valence-electron chi connectivity index (χ0n) is 14.8. The molecule has 1 heterocycles. The largest absolute Gasteiger partial charge is 0.457 e. The van der Waals surface area contributed by atoms with Crippen molar-refractivity contribution in [2.45, 2.75) is 77.1 Å². The molecule has 9 heteroatoms. The van der Waals surface area contributed by atoms with Crippen LogP contribution in [0.2, 0.25) is 0 Å². The molecule has 25 heavy (non-hydrogen) atoms. The second-order valence-corrected chi connectivity index (χ2v) is 5.89. The molecule has 0 aromatic rings. The molecule has 3 unspecified atom stereocenters. The van der Waals surface area contributed by atoms with Crippen LogP contribution < -0.4 is 5.32 Å². The lowest BCUT2D eigenvalue weighted by atomic mass is 9.96. The Kier molecular flexibility index (Phi) is 8.81. The van der Waals surface area contributed by atoms with E-state index in [-0.39, 0.29) is 12.8 Å². The van der Waals surface area contributed by atoms with Crippen LogP contribution in [0.5, 0.6) is 0 Å². The van der Waals surface area contributed by atoms with E-state index >= 15 is 0 Å². The van der Waals surface area contributed by atoms with Crippen LogP contribution in [-0.2, 0) is 28.6 Å². The maximum atomic E-state index is 11.9. The van der Waals surface area contributed by atoms with Gasteiger partial charge in [0.15, 0.2) is 6.10 Å². The number of ether oxygens (including phenoxy) is 3. The van der Waals surface area contributed by atoms with Crippen molar-refractivity contribution in [2.75, 3.05) is 6.61 Å². The third-order valence-electron chi connectivity index (χ3n) is 3.65. The van der Waals surface area contributed by atoms with E-state index in [9.17, 15) is 24.6 Å². The monoisotopic (exact) mass is 361 g/mol. The molecular weight excluding hydrogens is 334 g/mol. The standard InChI is InChI=1S/C16H27NO8/c1-4-6-11(20)24-15-13(17-9(3)19)16(25-12(21)7-5-2)23-10(8-18)14(15)22/h10,13-16,18,22H,4-8H2,1-3H3,(H,17,19)/t10?,13?,14-,15-,16?/m1/s1. The molecule has 144 valence electrons. The minimum absolute atomic E-state index is 0.126. The molecule has 1 fully saturated rings. The molecule has 0 bridgehead atoms. The smallest absolute Gasteiger partial charge is 0.308 e. The van der Waals surface area contributed by atoms with E-state index in [1.807, 2.05) is 0 Å². The maximum absolute atomic E-state index is 11.9. The third kappa shape index (κ3) is 6.26. The van der Waals surface area contributed by atoms with Crippen molar-refractivity contribution < 1.29 is 38.8 Å². The van der Waals surface area contributed by atoms with Crippen molar-refractivity contribution >= 4 is 17.8 Å². The van der Waals surface area contributed by atoms with E-state index in [0.29, 0.717) is 12.8 Å². The Morgan fingerprint density at radius 2 is 1.64 bits per heavy atom. The Hall–Kier alpha value is -1.71. The highest BCUT2D eigenvalue weighted by Gasteiger charge is 2.49. The predicted molar refractivity (Wildman–Crippen MR) is 85.1 cm³/mol. The van der Waals surface area contributed by atoms with Crippen LogP contribution in [0, 0.1) is 0 Å². The van der Waals surface area contributed by atoms with Gasteiger partial charge >= 0.3 is 11.9 Å². The molecule has 0 aliphatic carbocycles. The quantitative estimate of drug-likeness (QED) is 0.499. The summed E-state index contributed by atoms with van der Waals surface area (Å²) in [6.45, 7) is 4.25. The number of hydrogen-bond acceptors (Lipinski definition) is 8. The van der Waals surface area contributed by atoms with Gasteiger partial charge in [0.25, 0.3) is 0 Å². The first-order valence-corrected chi connectivity index (χ1v) is 8.44. The molecule has 1 aliphatic heterocycles. The van der Waals surface area contributed by atoms with Gasteiger partial charge in [-0.15, -0.1) is 0 Å². The highest BCUT2D eigenvalue weighted by molar-refractivity contribution is 5.74. The van der Waals surface area contributed by atoms with Crippen LogP contribution in [0.4, 0.5) is 0 Å². The summed E-state index contributed by atoms with van der Waals surface area (Å²) in [5.41, 5.74) is 0. The minimum atomic E-state index is -1.39. The SMILES string of the molecule is CCCC(=O)OC1OC(CO)[C@@H](O)[C@H](OC(=O)CCC)C1NC(C)=O. The average molecular weight is 361 g/mol. The van der Waals surface area contributed by atoms with E-state index < -0.39 is 55.1 Å². The summed E-state index contributed by atoms with van der Waals surface area (Å²) >= 11 is 0. The topological polar surface area (TPSA) is 131 Å². The van der Waals surface area contributed by atoms with Gasteiger partial charge in [0.2, 0.25) is 12.2 Å². The Morgan fingerprint density at radius 1 is 1.08 bits per heavy atom. The van der Waals surface area contributed by atoms with Gasteiger partial charge in [-0.25, -0.2) is 0 Å². The summed E-state index contributed by atoms with van der Waals surface area (Å²) in [7, 11) is 0. The summed E-state index contributed by atoms with van der Waals surface area (Å²) in [4.78, 5) is 35.2. The predicted octanol–water partition coefficient (Wildman–Crippen LogP) is -0.376. The summed E-state index contributed by atoms with van der Waals surface area (Å²) in [5, 5.41) is 22.2. The highest BCUT2D eigenvalue weighted by atomic mass is 16.7. The van der Waals surface area contributed by atoms with Gasteiger partial charge in [-0.3, -0.25) is 14.4 Å². The fraction of sp³-hybridized carbons (Fsp3) is 0.812. The van der Waals surface area contributed by atoms with Gasteiger partial charge in [-0.05, 0) is 12.8 Å². The molecule has 0 spiro atoms. The van der Waals surface area contributed by atoms with E-state index in [2.05, 4.69) is 5.32 Å². The summed E-state index contributed by atoms with van der Waals surface area (Å²) in [6.07, 6.45) is -3.65. The number of aliphatic hydroxyl groups excluding tert-OH is 2. The average Bonchev–Trinajstić information content (AvgIpc) is 2.53. The van der Waals surface area contributed by atoms with Crippen LogP contribution in [0.25, 0.3) is 0 Å². The normalized spacial score (nSPS) is 28.9. The number of carbonyl (C=O) groups is 3. The molecule has 1 aliphatic rings. The van der Waals surface area contributed by atoms with Gasteiger partial charge in [0.1, 0.15) is 18.2 Å². The number of aliphatic hydroxyl groups is 2. The van der Waals surface area contributed by atoms with Gasteiger partial charge in [-0.2, -0.15) is 0 Å². The fourth-order valence-electron chi connectivity index (χ4n) is 2.50. The molecule has 0 radical (unpaired) electrons. The van der Waals surface area contributed by atoms with Gasteiger partial charge in [-0.1, -0.05) is 13.8 Å². The third-order valence-corrected chi connectivity index (χ3v) is 3.65. The molecule has 5 atom stereocenters. The lowest BCUT2D eigenvalue weighted by Crippen LogP contribution is -2.65. The molecule has 0 saturated carbocycles. The first-order chi connectivity index (χ1) is 11.8. The minimum Gasteiger partial charge on any atom is -0.457 e. The van der Waals surface area contributed by atoms with Crippen molar-refractivity contribution in [3.05, 3.63) is 0 Å². The van der Waals surface area contributed by atoms with Gasteiger partial charge in [0, 0.05) is 19.8 Å². The number of rotatable bonds is 8. The Bertz CT molecular complexity index is 469. The Labute approximate surface area is 146 Å². The first kappa shape index (κ1) is 21.3. The molecule has 3 N–H and O–H groups in total. The number of amides is 1. The number of esters is 2. The number of nitrogens with one attached hydrogen (secondary N) is 1. The van der Waals surface area contributed by atoms with Crippen molar-refractivity contribution in [1.82, 2.24) is 5.32 Å². The van der Waals surface area contributed by atoms with Crippen LogP contribution in [0.15, 0.2) is 0 Å². The zero-order valence-corrected chi connectivity index (χ0v) is 14.8. The molecule has 1 rings (SSSR count). The van der Waals surface area contributed by atoms with Crippen LogP contribution in [-0.4, -0.2) is 65.3 Å². The second-order valence-electron chi connectivity index (χ2n) is 5.89. The highest BCUT2D eigenvalue weighted by Crippen LogP contribution is 2.25. The first-order valence-electron chi connectivity index (χ1n) is 8.44.